The number of hydrogen-bond donors (Lipinski definition) is 0. The smallest absolute Gasteiger partial charge is 0.102 e. The van der Waals surface area contributed by atoms with Crippen LogP contribution >= 0.6 is 0 Å². The summed E-state index contributed by atoms with van der Waals surface area (Å²) in [5, 5.41) is 0. The second kappa shape index (κ2) is 1.99. The van der Waals surface area contributed by atoms with Crippen molar-refractivity contribution < 1.29 is 9.47 Å². The highest BCUT2D eigenvalue weighted by atomic mass is 16.6. The summed E-state index contributed by atoms with van der Waals surface area (Å²) in [6, 6.07) is 0. The van der Waals surface area contributed by atoms with Gasteiger partial charge in [-0.15, -0.1) is 0 Å². The summed E-state index contributed by atoms with van der Waals surface area (Å²) in [5.41, 5.74) is 0.316. The highest BCUT2D eigenvalue weighted by molar-refractivity contribution is 5.10. The lowest BCUT2D eigenvalue weighted by Gasteiger charge is -2.32. The second-order valence-electron chi connectivity index (χ2n) is 4.01. The van der Waals surface area contributed by atoms with Crippen LogP contribution in [0.5, 0.6) is 0 Å². The van der Waals surface area contributed by atoms with Crippen LogP contribution in [-0.2, 0) is 9.47 Å². The molecule has 62 valence electrons. The van der Waals surface area contributed by atoms with E-state index in [0.717, 1.165) is 25.6 Å². The molecule has 1 unspecified atom stereocenters. The van der Waals surface area contributed by atoms with Crippen molar-refractivity contribution in [2.24, 2.45) is 5.92 Å². The van der Waals surface area contributed by atoms with Crippen LogP contribution in [0.25, 0.3) is 0 Å². The van der Waals surface area contributed by atoms with Gasteiger partial charge in [0.05, 0.1) is 12.7 Å². The third-order valence-electron chi connectivity index (χ3n) is 3.52. The van der Waals surface area contributed by atoms with Gasteiger partial charge in [-0.1, -0.05) is 6.42 Å². The Kier molecular flexibility index (Phi) is 1.16. The molecule has 0 bridgehead atoms. The second-order valence-corrected chi connectivity index (χ2v) is 4.01. The van der Waals surface area contributed by atoms with E-state index in [0.29, 0.717) is 11.7 Å². The van der Waals surface area contributed by atoms with E-state index in [1.807, 2.05) is 0 Å². The summed E-state index contributed by atoms with van der Waals surface area (Å²) in [6.45, 7) is 1.88. The molecule has 1 aliphatic carbocycles. The first-order valence-electron chi connectivity index (χ1n) is 4.67. The Balaban J connectivity index is 1.84. The zero-order valence-corrected chi connectivity index (χ0v) is 6.71. The van der Waals surface area contributed by atoms with Crippen LogP contribution in [0.3, 0.4) is 0 Å². The molecule has 3 fully saturated rings. The fraction of sp³-hybridized carbons (Fsp3) is 1.00. The third-order valence-corrected chi connectivity index (χ3v) is 3.52. The molecule has 2 saturated heterocycles. The van der Waals surface area contributed by atoms with Gasteiger partial charge in [-0.25, -0.2) is 0 Å². The largest absolute Gasteiger partial charge is 0.381 e. The van der Waals surface area contributed by atoms with Crippen molar-refractivity contribution in [1.82, 2.24) is 0 Å². The molecule has 3 aliphatic rings. The Labute approximate surface area is 66.9 Å². The van der Waals surface area contributed by atoms with Gasteiger partial charge in [-0.05, 0) is 12.8 Å². The topological polar surface area (TPSA) is 21.8 Å². The first-order valence-corrected chi connectivity index (χ1v) is 4.67. The molecule has 0 aromatic carbocycles. The minimum absolute atomic E-state index is 0.316. The SMILES string of the molecule is C1CC2O[C@@]23CCOC[C@@H]3C1. The Bertz CT molecular complexity index is 178. The fourth-order valence-electron chi connectivity index (χ4n) is 2.79. The Morgan fingerprint density at radius 3 is 3.18 bits per heavy atom. The maximum absolute atomic E-state index is 5.79. The van der Waals surface area contributed by atoms with Crippen molar-refractivity contribution in [3.05, 3.63) is 0 Å². The normalized spacial score (nSPS) is 54.5. The summed E-state index contributed by atoms with van der Waals surface area (Å²) in [7, 11) is 0. The van der Waals surface area contributed by atoms with Crippen LogP contribution in [0.2, 0.25) is 0 Å². The molecule has 11 heavy (non-hydrogen) atoms. The van der Waals surface area contributed by atoms with E-state index in [2.05, 4.69) is 0 Å². The van der Waals surface area contributed by atoms with E-state index >= 15 is 0 Å². The first-order chi connectivity index (χ1) is 5.42. The van der Waals surface area contributed by atoms with Gasteiger partial charge in [-0.2, -0.15) is 0 Å². The average Bonchev–Trinajstić information content (AvgIpc) is 2.75. The van der Waals surface area contributed by atoms with E-state index in [9.17, 15) is 0 Å². The molecule has 2 heterocycles. The van der Waals surface area contributed by atoms with E-state index in [1.54, 1.807) is 0 Å². The van der Waals surface area contributed by atoms with Crippen molar-refractivity contribution in [2.45, 2.75) is 37.4 Å². The van der Waals surface area contributed by atoms with Gasteiger partial charge in [-0.3, -0.25) is 0 Å². The van der Waals surface area contributed by atoms with Crippen LogP contribution in [0.1, 0.15) is 25.7 Å². The molecule has 3 atom stereocenters. The summed E-state index contributed by atoms with van der Waals surface area (Å²) in [4.78, 5) is 0. The molecule has 2 heteroatoms. The van der Waals surface area contributed by atoms with Crippen molar-refractivity contribution in [2.75, 3.05) is 13.2 Å². The maximum atomic E-state index is 5.79. The van der Waals surface area contributed by atoms with Gasteiger partial charge >= 0.3 is 0 Å². The van der Waals surface area contributed by atoms with E-state index in [4.69, 9.17) is 9.47 Å². The molecule has 0 aromatic heterocycles. The summed E-state index contributed by atoms with van der Waals surface area (Å²) in [6.07, 6.45) is 5.75. The highest BCUT2D eigenvalue weighted by Crippen LogP contribution is 2.54. The lowest BCUT2D eigenvalue weighted by Crippen LogP contribution is -2.39. The third kappa shape index (κ3) is 0.744. The standard InChI is InChI=1S/C9H14O2/c1-2-7-6-10-5-4-9(7)8(3-1)11-9/h7-8H,1-6H2/t7-,8?,9+/m0/s1. The monoisotopic (exact) mass is 154 g/mol. The average molecular weight is 154 g/mol. The van der Waals surface area contributed by atoms with Crippen LogP contribution in [0.15, 0.2) is 0 Å². The number of epoxide rings is 1. The molecule has 0 aromatic rings. The highest BCUT2D eigenvalue weighted by Gasteiger charge is 2.63. The molecule has 0 radical (unpaired) electrons. The first kappa shape index (κ1) is 6.44. The Hall–Kier alpha value is -0.0800. The van der Waals surface area contributed by atoms with Gasteiger partial charge in [0.1, 0.15) is 5.60 Å². The van der Waals surface area contributed by atoms with Gasteiger partial charge in [0, 0.05) is 18.9 Å². The van der Waals surface area contributed by atoms with E-state index in [-0.39, 0.29) is 0 Å². The molecular formula is C9H14O2. The minimum Gasteiger partial charge on any atom is -0.381 e. The number of rotatable bonds is 0. The minimum atomic E-state index is 0.316. The number of ether oxygens (including phenoxy) is 2. The fourth-order valence-corrected chi connectivity index (χ4v) is 2.79. The maximum Gasteiger partial charge on any atom is 0.102 e. The van der Waals surface area contributed by atoms with Crippen LogP contribution in [0.4, 0.5) is 0 Å². The quantitative estimate of drug-likeness (QED) is 0.491. The predicted octanol–water partition coefficient (Wildman–Crippen LogP) is 1.34. The summed E-state index contributed by atoms with van der Waals surface area (Å²) >= 11 is 0. The van der Waals surface area contributed by atoms with Gasteiger partial charge in [0.15, 0.2) is 0 Å². The molecule has 0 N–H and O–H groups in total. The summed E-state index contributed by atoms with van der Waals surface area (Å²) < 4.78 is 11.2. The molecule has 1 saturated carbocycles. The Morgan fingerprint density at radius 1 is 1.27 bits per heavy atom. The lowest BCUT2D eigenvalue weighted by atomic mass is 9.77. The van der Waals surface area contributed by atoms with Crippen molar-refractivity contribution in [1.29, 1.82) is 0 Å². The van der Waals surface area contributed by atoms with Crippen LogP contribution in [-0.4, -0.2) is 24.9 Å². The zero-order valence-electron chi connectivity index (χ0n) is 6.71. The van der Waals surface area contributed by atoms with Gasteiger partial charge in [0.2, 0.25) is 0 Å². The summed E-state index contributed by atoms with van der Waals surface area (Å²) in [5.74, 6) is 0.731. The predicted molar refractivity (Wildman–Crippen MR) is 40.4 cm³/mol. The van der Waals surface area contributed by atoms with Crippen LogP contribution in [0, 0.1) is 5.92 Å². The lowest BCUT2D eigenvalue weighted by molar-refractivity contribution is -0.00629. The van der Waals surface area contributed by atoms with Gasteiger partial charge < -0.3 is 9.47 Å². The number of hydrogen-bond acceptors (Lipinski definition) is 2. The van der Waals surface area contributed by atoms with Crippen molar-refractivity contribution in [3.63, 3.8) is 0 Å². The zero-order chi connectivity index (χ0) is 7.31. The molecular weight excluding hydrogens is 140 g/mol. The van der Waals surface area contributed by atoms with Crippen LogP contribution < -0.4 is 0 Å². The van der Waals surface area contributed by atoms with Crippen molar-refractivity contribution >= 4 is 0 Å². The molecule has 2 aliphatic heterocycles. The molecule has 3 rings (SSSR count). The molecule has 2 nitrogen and oxygen atoms in total. The van der Waals surface area contributed by atoms with Gasteiger partial charge in [0.25, 0.3) is 0 Å². The Morgan fingerprint density at radius 2 is 2.27 bits per heavy atom. The molecule has 1 spiro atoms. The van der Waals surface area contributed by atoms with E-state index < -0.39 is 0 Å². The molecule has 0 amide bonds. The van der Waals surface area contributed by atoms with Crippen molar-refractivity contribution in [3.8, 4) is 0 Å². The van der Waals surface area contributed by atoms with E-state index in [1.165, 1.54) is 19.3 Å².